The number of hydrogen-bond donors (Lipinski definition) is 0. The number of rotatable bonds is 8. The van der Waals surface area contributed by atoms with Gasteiger partial charge in [-0.1, -0.05) is 47.5 Å². The molecule has 37 heavy (non-hydrogen) atoms. The van der Waals surface area contributed by atoms with E-state index in [2.05, 4.69) is 31.9 Å². The van der Waals surface area contributed by atoms with Gasteiger partial charge in [-0.15, -0.1) is 0 Å². The molecule has 0 aliphatic carbocycles. The van der Waals surface area contributed by atoms with Crippen molar-refractivity contribution in [3.63, 3.8) is 0 Å². The van der Waals surface area contributed by atoms with Gasteiger partial charge >= 0.3 is 6.01 Å². The SMILES string of the molecule is CC(C)c1noc(N2CCC(C(C)Oc3nc4ccc(-c5ccc(CS(=O)[O-])cc5F)nc4s3)CC2)n1. The van der Waals surface area contributed by atoms with Crippen molar-refractivity contribution in [1.29, 1.82) is 0 Å². The highest BCUT2D eigenvalue weighted by molar-refractivity contribution is 7.78. The summed E-state index contributed by atoms with van der Waals surface area (Å²) in [5.74, 6) is 0.558. The van der Waals surface area contributed by atoms with Crippen molar-refractivity contribution >= 4 is 38.8 Å². The Balaban J connectivity index is 1.23. The van der Waals surface area contributed by atoms with Gasteiger partial charge < -0.3 is 18.7 Å². The summed E-state index contributed by atoms with van der Waals surface area (Å²) in [6.45, 7) is 7.77. The Morgan fingerprint density at radius 1 is 1.19 bits per heavy atom. The fourth-order valence-corrected chi connectivity index (χ4v) is 5.72. The fourth-order valence-electron chi connectivity index (χ4n) is 4.39. The maximum Gasteiger partial charge on any atom is 0.324 e. The molecule has 1 saturated heterocycles. The molecular weight excluding hydrogens is 517 g/mol. The largest absolute Gasteiger partial charge is 0.772 e. The summed E-state index contributed by atoms with van der Waals surface area (Å²) in [5.41, 5.74) is 1.83. The molecule has 3 aromatic heterocycles. The number of piperidine rings is 1. The van der Waals surface area contributed by atoms with Crippen LogP contribution >= 0.6 is 11.3 Å². The van der Waals surface area contributed by atoms with Gasteiger partial charge in [-0.05, 0) is 55.5 Å². The lowest BCUT2D eigenvalue weighted by Crippen LogP contribution is -2.38. The van der Waals surface area contributed by atoms with Gasteiger partial charge in [-0.25, -0.2) is 14.4 Å². The van der Waals surface area contributed by atoms with Crippen LogP contribution in [0.3, 0.4) is 0 Å². The van der Waals surface area contributed by atoms with Gasteiger partial charge in [0.05, 0.1) is 5.69 Å². The van der Waals surface area contributed by atoms with E-state index in [1.54, 1.807) is 24.3 Å². The highest BCUT2D eigenvalue weighted by Gasteiger charge is 2.28. The van der Waals surface area contributed by atoms with E-state index < -0.39 is 16.9 Å². The molecule has 0 spiro atoms. The second-order valence-electron chi connectivity index (χ2n) is 9.50. The van der Waals surface area contributed by atoms with Crippen molar-refractivity contribution in [2.45, 2.75) is 51.4 Å². The number of thiazole rings is 1. The molecule has 1 aromatic carbocycles. The predicted octanol–water partition coefficient (Wildman–Crippen LogP) is 5.07. The normalized spacial score (nSPS) is 16.4. The number of benzene rings is 1. The minimum absolute atomic E-state index is 0.0346. The van der Waals surface area contributed by atoms with Gasteiger partial charge in [0.25, 0.3) is 5.19 Å². The van der Waals surface area contributed by atoms with E-state index in [9.17, 15) is 13.2 Å². The highest BCUT2D eigenvalue weighted by Crippen LogP contribution is 2.33. The Hall–Kier alpha value is -2.96. The summed E-state index contributed by atoms with van der Waals surface area (Å²) in [6, 6.07) is 8.45. The summed E-state index contributed by atoms with van der Waals surface area (Å²) < 4.78 is 48.1. The van der Waals surface area contributed by atoms with Crippen molar-refractivity contribution in [1.82, 2.24) is 20.1 Å². The Kier molecular flexibility index (Phi) is 7.50. The van der Waals surface area contributed by atoms with Gasteiger partial charge in [0.15, 0.2) is 5.82 Å². The summed E-state index contributed by atoms with van der Waals surface area (Å²) in [7, 11) is 0. The lowest BCUT2D eigenvalue weighted by Gasteiger charge is -2.33. The molecule has 0 radical (unpaired) electrons. The molecule has 2 unspecified atom stereocenters. The number of aromatic nitrogens is 4. The van der Waals surface area contributed by atoms with Crippen molar-refractivity contribution in [2.24, 2.45) is 5.92 Å². The van der Waals surface area contributed by atoms with Gasteiger partial charge in [-0.3, -0.25) is 4.21 Å². The number of ether oxygens (including phenoxy) is 1. The van der Waals surface area contributed by atoms with Gasteiger partial charge in [-0.2, -0.15) is 4.98 Å². The molecule has 0 bridgehead atoms. The van der Waals surface area contributed by atoms with E-state index in [-0.39, 0.29) is 17.8 Å². The zero-order valence-corrected chi connectivity index (χ0v) is 22.4. The molecule has 5 rings (SSSR count). The molecule has 0 amide bonds. The molecule has 0 N–H and O–H groups in total. The van der Waals surface area contributed by atoms with Gasteiger partial charge in [0.1, 0.15) is 22.3 Å². The molecule has 9 nitrogen and oxygen atoms in total. The van der Waals surface area contributed by atoms with Gasteiger partial charge in [0, 0.05) is 30.3 Å². The Labute approximate surface area is 220 Å². The number of fused-ring (bicyclic) bond motifs is 1. The maximum absolute atomic E-state index is 14.6. The monoisotopic (exact) mass is 544 g/mol. The van der Waals surface area contributed by atoms with Crippen molar-refractivity contribution in [3.8, 4) is 16.5 Å². The molecule has 2 atom stereocenters. The Bertz CT molecular complexity index is 1420. The van der Waals surface area contributed by atoms with Crippen LogP contribution in [-0.2, 0) is 16.8 Å². The molecule has 4 heterocycles. The van der Waals surface area contributed by atoms with Crippen LogP contribution in [-0.4, -0.2) is 48.1 Å². The first-order valence-electron chi connectivity index (χ1n) is 12.1. The van der Waals surface area contributed by atoms with Crippen LogP contribution in [0.4, 0.5) is 10.4 Å². The standard InChI is InChI=1S/C25H28FN5O4S2/c1-14(2)22-29-24(35-30-22)31-10-8-17(9-11-31)15(3)34-25-28-21-7-6-20(27-23(21)36-25)18-5-4-16(12-19(18)26)13-37(32)33/h4-7,12,14-15,17H,8-11,13H2,1-3H3,(H,32,33)/p-1. The first-order valence-corrected chi connectivity index (χ1v) is 14.2. The first kappa shape index (κ1) is 25.7. The third kappa shape index (κ3) is 5.81. The zero-order valence-electron chi connectivity index (χ0n) is 20.7. The zero-order chi connectivity index (χ0) is 26.1. The quantitative estimate of drug-likeness (QED) is 0.280. The third-order valence-electron chi connectivity index (χ3n) is 6.54. The van der Waals surface area contributed by atoms with Gasteiger partial charge in [0.2, 0.25) is 0 Å². The molecule has 196 valence electrons. The van der Waals surface area contributed by atoms with E-state index in [4.69, 9.17) is 9.26 Å². The van der Waals surface area contributed by atoms with E-state index >= 15 is 0 Å². The van der Waals surface area contributed by atoms with Crippen LogP contribution in [0.5, 0.6) is 5.19 Å². The Morgan fingerprint density at radius 3 is 2.65 bits per heavy atom. The van der Waals surface area contributed by atoms with Crippen molar-refractivity contribution < 1.29 is 22.4 Å². The van der Waals surface area contributed by atoms with Crippen LogP contribution in [0.2, 0.25) is 0 Å². The van der Waals surface area contributed by atoms with Crippen LogP contribution in [0.1, 0.15) is 50.9 Å². The highest BCUT2D eigenvalue weighted by atomic mass is 32.2. The second-order valence-corrected chi connectivity index (χ2v) is 11.3. The lowest BCUT2D eigenvalue weighted by atomic mass is 9.92. The summed E-state index contributed by atoms with van der Waals surface area (Å²) in [6.07, 6.45) is 1.83. The average molecular weight is 545 g/mol. The number of halogens is 1. The summed E-state index contributed by atoms with van der Waals surface area (Å²) >= 11 is -0.949. The Morgan fingerprint density at radius 2 is 1.97 bits per heavy atom. The minimum Gasteiger partial charge on any atom is -0.772 e. The first-order chi connectivity index (χ1) is 17.8. The number of anilines is 1. The van der Waals surface area contributed by atoms with E-state index in [0.717, 1.165) is 31.8 Å². The third-order valence-corrected chi connectivity index (χ3v) is 7.96. The van der Waals surface area contributed by atoms with E-state index in [1.165, 1.54) is 17.4 Å². The average Bonchev–Trinajstić information content (AvgIpc) is 3.51. The number of hydrogen-bond acceptors (Lipinski definition) is 10. The molecular formula is C25H27FN5O4S2-. The van der Waals surface area contributed by atoms with E-state index in [1.807, 2.05) is 13.8 Å². The van der Waals surface area contributed by atoms with Crippen molar-refractivity contribution in [2.75, 3.05) is 18.0 Å². The molecule has 4 aromatic rings. The van der Waals surface area contributed by atoms with Crippen molar-refractivity contribution in [3.05, 3.63) is 47.5 Å². The predicted molar refractivity (Wildman–Crippen MR) is 139 cm³/mol. The van der Waals surface area contributed by atoms with Crippen LogP contribution in [0.25, 0.3) is 21.6 Å². The molecule has 1 fully saturated rings. The maximum atomic E-state index is 14.6. The van der Waals surface area contributed by atoms with Crippen LogP contribution in [0.15, 0.2) is 34.9 Å². The fraction of sp³-hybridized carbons (Fsp3) is 0.440. The lowest BCUT2D eigenvalue weighted by molar-refractivity contribution is 0.131. The van der Waals surface area contributed by atoms with E-state index in [0.29, 0.717) is 44.3 Å². The second kappa shape index (κ2) is 10.8. The molecule has 1 aliphatic rings. The minimum atomic E-state index is -2.28. The van der Waals surface area contributed by atoms with Crippen LogP contribution in [0, 0.1) is 11.7 Å². The number of nitrogens with zero attached hydrogens (tertiary/aromatic N) is 5. The molecule has 0 saturated carbocycles. The smallest absolute Gasteiger partial charge is 0.324 e. The topological polar surface area (TPSA) is 117 Å². The van der Waals surface area contributed by atoms with Crippen LogP contribution < -0.4 is 9.64 Å². The summed E-state index contributed by atoms with van der Waals surface area (Å²) in [5, 5.41) is 4.59. The molecule has 1 aliphatic heterocycles. The molecule has 12 heteroatoms. The summed E-state index contributed by atoms with van der Waals surface area (Å²) in [4.78, 5) is 16.4. The number of pyridine rings is 1.